The second-order valence-corrected chi connectivity index (χ2v) is 7.05. The highest BCUT2D eigenvalue weighted by Gasteiger charge is 2.25. The lowest BCUT2D eigenvalue weighted by atomic mass is 10.2. The number of imidazole rings is 1. The van der Waals surface area contributed by atoms with Crippen LogP contribution in [0.15, 0.2) is 24.4 Å². The topological polar surface area (TPSA) is 66.7 Å². The third-order valence-electron chi connectivity index (χ3n) is 4.52. The van der Waals surface area contributed by atoms with E-state index in [2.05, 4.69) is 10.3 Å². The molecule has 0 saturated carbocycles. The summed E-state index contributed by atoms with van der Waals surface area (Å²) in [5, 5.41) is 2.89. The van der Waals surface area contributed by atoms with E-state index in [0.717, 1.165) is 38.8 Å². The molecule has 6 nitrogen and oxygen atoms in total. The number of amides is 2. The fourth-order valence-electron chi connectivity index (χ4n) is 3.15. The lowest BCUT2D eigenvalue weighted by Crippen LogP contribution is -2.32. The SMILES string of the molecule is CC(C)CNC(=O)c1nc(C(=O)N2CCCCCC2)c2ccccn12. The van der Waals surface area contributed by atoms with Gasteiger partial charge in [0.1, 0.15) is 0 Å². The maximum atomic E-state index is 13.0. The van der Waals surface area contributed by atoms with Crippen LogP contribution in [0.3, 0.4) is 0 Å². The summed E-state index contributed by atoms with van der Waals surface area (Å²) < 4.78 is 1.71. The summed E-state index contributed by atoms with van der Waals surface area (Å²) in [6, 6.07) is 5.55. The summed E-state index contributed by atoms with van der Waals surface area (Å²) in [6.45, 7) is 6.19. The monoisotopic (exact) mass is 342 g/mol. The molecule has 1 N–H and O–H groups in total. The number of carbonyl (C=O) groups excluding carboxylic acids is 2. The molecule has 0 bridgehead atoms. The summed E-state index contributed by atoms with van der Waals surface area (Å²) >= 11 is 0. The molecule has 1 saturated heterocycles. The van der Waals surface area contributed by atoms with E-state index >= 15 is 0 Å². The van der Waals surface area contributed by atoms with Gasteiger partial charge in [-0.15, -0.1) is 0 Å². The summed E-state index contributed by atoms with van der Waals surface area (Å²) in [5.41, 5.74) is 1.06. The fraction of sp³-hybridized carbons (Fsp3) is 0.526. The molecule has 134 valence electrons. The van der Waals surface area contributed by atoms with E-state index in [9.17, 15) is 9.59 Å². The number of aromatic nitrogens is 2. The van der Waals surface area contributed by atoms with Crippen LogP contribution in [0.2, 0.25) is 0 Å². The predicted octanol–water partition coefficient (Wildman–Crippen LogP) is 2.74. The van der Waals surface area contributed by atoms with Crippen molar-refractivity contribution in [3.8, 4) is 0 Å². The molecule has 0 unspecified atom stereocenters. The maximum absolute atomic E-state index is 13.0. The molecule has 2 aromatic rings. The van der Waals surface area contributed by atoms with Gasteiger partial charge in [0, 0.05) is 25.8 Å². The Morgan fingerprint density at radius 2 is 1.88 bits per heavy atom. The number of likely N-dealkylation sites (tertiary alicyclic amines) is 1. The van der Waals surface area contributed by atoms with Gasteiger partial charge < -0.3 is 10.2 Å². The number of pyridine rings is 1. The summed E-state index contributed by atoms with van der Waals surface area (Å²) in [6.07, 6.45) is 6.16. The zero-order valence-electron chi connectivity index (χ0n) is 15.0. The Hall–Kier alpha value is -2.37. The van der Waals surface area contributed by atoms with Gasteiger partial charge in [-0.3, -0.25) is 14.0 Å². The number of carbonyl (C=O) groups is 2. The molecule has 0 aliphatic carbocycles. The largest absolute Gasteiger partial charge is 0.349 e. The third kappa shape index (κ3) is 3.83. The van der Waals surface area contributed by atoms with Crippen LogP contribution in [0, 0.1) is 5.92 Å². The molecule has 3 heterocycles. The van der Waals surface area contributed by atoms with Crippen molar-refractivity contribution in [3.63, 3.8) is 0 Å². The number of hydrogen-bond donors (Lipinski definition) is 1. The molecule has 2 amide bonds. The minimum atomic E-state index is -0.246. The van der Waals surface area contributed by atoms with Crippen molar-refractivity contribution >= 4 is 17.3 Å². The summed E-state index contributed by atoms with van der Waals surface area (Å²) in [7, 11) is 0. The number of fused-ring (bicyclic) bond motifs is 1. The Labute approximate surface area is 148 Å². The van der Waals surface area contributed by atoms with Crippen molar-refractivity contribution in [1.82, 2.24) is 19.6 Å². The number of nitrogens with one attached hydrogen (secondary N) is 1. The zero-order chi connectivity index (χ0) is 17.8. The van der Waals surface area contributed by atoms with E-state index < -0.39 is 0 Å². The average molecular weight is 342 g/mol. The van der Waals surface area contributed by atoms with Crippen LogP contribution in [-0.2, 0) is 0 Å². The van der Waals surface area contributed by atoms with Crippen LogP contribution in [-0.4, -0.2) is 45.7 Å². The lowest BCUT2D eigenvalue weighted by Gasteiger charge is -2.19. The van der Waals surface area contributed by atoms with Crippen molar-refractivity contribution in [1.29, 1.82) is 0 Å². The van der Waals surface area contributed by atoms with Gasteiger partial charge in [0.15, 0.2) is 5.69 Å². The molecular weight excluding hydrogens is 316 g/mol. The normalized spacial score (nSPS) is 15.4. The predicted molar refractivity (Wildman–Crippen MR) is 96.7 cm³/mol. The molecule has 6 heteroatoms. The molecule has 1 aliphatic rings. The van der Waals surface area contributed by atoms with Gasteiger partial charge in [-0.2, -0.15) is 0 Å². The van der Waals surface area contributed by atoms with Crippen LogP contribution in [0.1, 0.15) is 60.6 Å². The van der Waals surface area contributed by atoms with E-state index in [4.69, 9.17) is 0 Å². The van der Waals surface area contributed by atoms with Gasteiger partial charge in [-0.05, 0) is 30.9 Å². The Bertz CT molecular complexity index is 758. The van der Waals surface area contributed by atoms with Crippen LogP contribution >= 0.6 is 0 Å². The highest BCUT2D eigenvalue weighted by Crippen LogP contribution is 2.18. The first-order chi connectivity index (χ1) is 12.1. The van der Waals surface area contributed by atoms with E-state index in [0.29, 0.717) is 23.7 Å². The Kier molecular flexibility index (Phi) is 5.36. The minimum absolute atomic E-state index is 0.0755. The van der Waals surface area contributed by atoms with Gasteiger partial charge in [-0.1, -0.05) is 32.8 Å². The molecule has 2 aromatic heterocycles. The Morgan fingerprint density at radius 3 is 2.56 bits per heavy atom. The van der Waals surface area contributed by atoms with Gasteiger partial charge in [0.2, 0.25) is 5.82 Å². The first kappa shape index (κ1) is 17.5. The highest BCUT2D eigenvalue weighted by molar-refractivity contribution is 6.02. The first-order valence-corrected chi connectivity index (χ1v) is 9.12. The molecular formula is C19H26N4O2. The molecule has 1 fully saturated rings. The zero-order valence-corrected chi connectivity index (χ0v) is 15.0. The van der Waals surface area contributed by atoms with Gasteiger partial charge in [0.05, 0.1) is 5.52 Å². The molecule has 0 aromatic carbocycles. The average Bonchev–Trinajstić information content (AvgIpc) is 2.79. The molecule has 0 spiro atoms. The van der Waals surface area contributed by atoms with E-state index in [1.165, 1.54) is 0 Å². The van der Waals surface area contributed by atoms with Crippen molar-refractivity contribution in [3.05, 3.63) is 35.9 Å². The molecule has 0 radical (unpaired) electrons. The van der Waals surface area contributed by atoms with E-state index in [1.54, 1.807) is 10.6 Å². The smallest absolute Gasteiger partial charge is 0.287 e. The number of hydrogen-bond acceptors (Lipinski definition) is 3. The van der Waals surface area contributed by atoms with Crippen molar-refractivity contribution < 1.29 is 9.59 Å². The third-order valence-corrected chi connectivity index (χ3v) is 4.52. The van der Waals surface area contributed by atoms with Gasteiger partial charge >= 0.3 is 0 Å². The van der Waals surface area contributed by atoms with Crippen molar-refractivity contribution in [2.45, 2.75) is 39.5 Å². The van der Waals surface area contributed by atoms with Crippen LogP contribution in [0.5, 0.6) is 0 Å². The summed E-state index contributed by atoms with van der Waals surface area (Å²) in [5.74, 6) is 0.307. The van der Waals surface area contributed by atoms with Crippen molar-refractivity contribution in [2.24, 2.45) is 5.92 Å². The van der Waals surface area contributed by atoms with Gasteiger partial charge in [-0.25, -0.2) is 4.98 Å². The minimum Gasteiger partial charge on any atom is -0.349 e. The fourth-order valence-corrected chi connectivity index (χ4v) is 3.15. The van der Waals surface area contributed by atoms with Crippen LogP contribution < -0.4 is 5.32 Å². The first-order valence-electron chi connectivity index (χ1n) is 9.12. The lowest BCUT2D eigenvalue weighted by molar-refractivity contribution is 0.0758. The second-order valence-electron chi connectivity index (χ2n) is 7.05. The number of rotatable bonds is 4. The highest BCUT2D eigenvalue weighted by atomic mass is 16.2. The Morgan fingerprint density at radius 1 is 1.16 bits per heavy atom. The Balaban J connectivity index is 1.93. The maximum Gasteiger partial charge on any atom is 0.287 e. The van der Waals surface area contributed by atoms with Crippen molar-refractivity contribution in [2.75, 3.05) is 19.6 Å². The second kappa shape index (κ2) is 7.68. The summed E-state index contributed by atoms with van der Waals surface area (Å²) in [4.78, 5) is 31.8. The standard InChI is InChI=1S/C19H26N4O2/c1-14(2)13-20-18(24)17-21-16(15-9-5-8-12-23(15)17)19(25)22-10-6-3-4-7-11-22/h5,8-9,12,14H,3-4,6-7,10-11,13H2,1-2H3,(H,20,24). The van der Waals surface area contributed by atoms with Crippen LogP contribution in [0.25, 0.3) is 5.52 Å². The molecule has 1 aliphatic heterocycles. The van der Waals surface area contributed by atoms with Gasteiger partial charge in [0.25, 0.3) is 11.8 Å². The molecule has 3 rings (SSSR count). The van der Waals surface area contributed by atoms with E-state index in [-0.39, 0.29) is 17.6 Å². The quantitative estimate of drug-likeness (QED) is 0.929. The van der Waals surface area contributed by atoms with Crippen LogP contribution in [0.4, 0.5) is 0 Å². The number of nitrogens with zero attached hydrogens (tertiary/aromatic N) is 3. The molecule has 0 atom stereocenters. The molecule has 25 heavy (non-hydrogen) atoms. The van der Waals surface area contributed by atoms with E-state index in [1.807, 2.05) is 36.9 Å².